The van der Waals surface area contributed by atoms with Crippen molar-refractivity contribution >= 4 is 11.6 Å². The van der Waals surface area contributed by atoms with Crippen LogP contribution in [0.15, 0.2) is 12.1 Å². The van der Waals surface area contributed by atoms with Crippen LogP contribution in [0.1, 0.15) is 18.1 Å². The molecule has 0 amide bonds. The average molecular weight is 274 g/mol. The molecule has 0 radical (unpaired) electrons. The molecule has 0 spiro atoms. The van der Waals surface area contributed by atoms with Gasteiger partial charge in [-0.25, -0.2) is 0 Å². The normalized spacial score (nSPS) is 16.7. The largest absolute Gasteiger partial charge is 0.454 e. The monoisotopic (exact) mass is 273 g/mol. The second kappa shape index (κ2) is 5.75. The van der Waals surface area contributed by atoms with Gasteiger partial charge in [-0.15, -0.1) is 0 Å². The minimum Gasteiger partial charge on any atom is -0.454 e. The molecule has 0 saturated heterocycles. The highest BCUT2D eigenvalue weighted by Gasteiger charge is 2.24. The highest BCUT2D eigenvalue weighted by atomic mass is 35.5. The first kappa shape index (κ1) is 13.4. The van der Waals surface area contributed by atoms with Crippen molar-refractivity contribution in [1.29, 1.82) is 0 Å². The number of aliphatic hydroxyl groups excluding tert-OH is 2. The van der Waals surface area contributed by atoms with Gasteiger partial charge < -0.3 is 25.0 Å². The first-order chi connectivity index (χ1) is 8.63. The summed E-state index contributed by atoms with van der Waals surface area (Å²) in [6, 6.07) is 3.20. The smallest absolute Gasteiger partial charge is 0.231 e. The number of ether oxygens (including phenoxy) is 2. The quantitative estimate of drug-likeness (QED) is 0.749. The SMILES string of the molecule is CNCCC(O)C(O)c1cc2c(cc1Cl)OCO2. The van der Waals surface area contributed by atoms with Crippen LogP contribution in [-0.2, 0) is 0 Å². The third kappa shape index (κ3) is 2.70. The van der Waals surface area contributed by atoms with E-state index in [2.05, 4.69) is 5.32 Å². The summed E-state index contributed by atoms with van der Waals surface area (Å²) in [6.45, 7) is 0.758. The molecule has 2 atom stereocenters. The fraction of sp³-hybridized carbons (Fsp3) is 0.500. The number of halogens is 1. The molecule has 0 fully saturated rings. The van der Waals surface area contributed by atoms with Gasteiger partial charge in [-0.2, -0.15) is 0 Å². The van der Waals surface area contributed by atoms with Crippen molar-refractivity contribution in [3.05, 3.63) is 22.7 Å². The lowest BCUT2D eigenvalue weighted by Gasteiger charge is -2.19. The fourth-order valence-electron chi connectivity index (χ4n) is 1.82. The van der Waals surface area contributed by atoms with Crippen molar-refractivity contribution in [2.45, 2.75) is 18.6 Å². The third-order valence-corrected chi connectivity index (χ3v) is 3.19. The molecule has 6 heteroatoms. The highest BCUT2D eigenvalue weighted by molar-refractivity contribution is 6.31. The summed E-state index contributed by atoms with van der Waals surface area (Å²) >= 11 is 6.06. The molecule has 1 heterocycles. The zero-order valence-electron chi connectivity index (χ0n) is 10.0. The Kier molecular flexibility index (Phi) is 4.29. The van der Waals surface area contributed by atoms with Gasteiger partial charge in [-0.05, 0) is 26.1 Å². The lowest BCUT2D eigenvalue weighted by Crippen LogP contribution is -2.23. The second-order valence-corrected chi connectivity index (χ2v) is 4.54. The highest BCUT2D eigenvalue weighted by Crippen LogP contribution is 2.39. The van der Waals surface area contributed by atoms with E-state index in [1.807, 2.05) is 0 Å². The number of hydrogen-bond donors (Lipinski definition) is 3. The number of hydrogen-bond acceptors (Lipinski definition) is 5. The molecule has 2 unspecified atom stereocenters. The van der Waals surface area contributed by atoms with Gasteiger partial charge in [0.05, 0.1) is 11.1 Å². The van der Waals surface area contributed by atoms with Gasteiger partial charge in [-0.3, -0.25) is 0 Å². The van der Waals surface area contributed by atoms with Gasteiger partial charge in [0.25, 0.3) is 0 Å². The number of fused-ring (bicyclic) bond motifs is 1. The van der Waals surface area contributed by atoms with Crippen LogP contribution in [0.25, 0.3) is 0 Å². The number of rotatable bonds is 5. The molecule has 100 valence electrons. The number of benzene rings is 1. The van der Waals surface area contributed by atoms with E-state index in [0.29, 0.717) is 35.1 Å². The predicted octanol–water partition coefficient (Wildman–Crippen LogP) is 1.07. The van der Waals surface area contributed by atoms with E-state index >= 15 is 0 Å². The van der Waals surface area contributed by atoms with E-state index < -0.39 is 12.2 Å². The van der Waals surface area contributed by atoms with Gasteiger partial charge in [0.15, 0.2) is 11.5 Å². The molecule has 3 N–H and O–H groups in total. The Morgan fingerprint density at radius 1 is 1.33 bits per heavy atom. The Hall–Kier alpha value is -1.01. The molecule has 5 nitrogen and oxygen atoms in total. The number of nitrogens with one attached hydrogen (secondary N) is 1. The van der Waals surface area contributed by atoms with Crippen LogP contribution in [0.2, 0.25) is 5.02 Å². The van der Waals surface area contributed by atoms with Crippen molar-refractivity contribution in [2.75, 3.05) is 20.4 Å². The zero-order chi connectivity index (χ0) is 13.1. The van der Waals surface area contributed by atoms with Crippen molar-refractivity contribution in [1.82, 2.24) is 5.32 Å². The van der Waals surface area contributed by atoms with E-state index in [4.69, 9.17) is 21.1 Å². The Labute approximate surface area is 110 Å². The molecular weight excluding hydrogens is 258 g/mol. The molecule has 18 heavy (non-hydrogen) atoms. The Morgan fingerprint density at radius 2 is 2.00 bits per heavy atom. The molecule has 0 bridgehead atoms. The van der Waals surface area contributed by atoms with Crippen LogP contribution in [0.3, 0.4) is 0 Å². The molecule has 2 rings (SSSR count). The van der Waals surface area contributed by atoms with Crippen molar-refractivity contribution in [3.8, 4) is 11.5 Å². The molecule has 1 aliphatic rings. The van der Waals surface area contributed by atoms with Gasteiger partial charge in [-0.1, -0.05) is 11.6 Å². The lowest BCUT2D eigenvalue weighted by atomic mass is 10.0. The van der Waals surface area contributed by atoms with Gasteiger partial charge in [0, 0.05) is 11.6 Å². The fourth-order valence-corrected chi connectivity index (χ4v) is 2.08. The van der Waals surface area contributed by atoms with Crippen LogP contribution >= 0.6 is 11.6 Å². The Balaban J connectivity index is 2.17. The topological polar surface area (TPSA) is 71.0 Å². The Bertz CT molecular complexity index is 427. The lowest BCUT2D eigenvalue weighted by molar-refractivity contribution is 0.0140. The van der Waals surface area contributed by atoms with Crippen LogP contribution in [0.4, 0.5) is 0 Å². The summed E-state index contributed by atoms with van der Waals surface area (Å²) in [5.74, 6) is 1.09. The molecule has 0 saturated carbocycles. The first-order valence-corrected chi connectivity index (χ1v) is 6.11. The standard InChI is InChI=1S/C12H16ClNO4/c1-14-3-2-9(15)12(16)7-4-10-11(5-8(7)13)18-6-17-10/h4-5,9,12,14-16H,2-3,6H2,1H3. The van der Waals surface area contributed by atoms with Gasteiger partial charge in [0.1, 0.15) is 6.10 Å². The van der Waals surface area contributed by atoms with E-state index in [9.17, 15) is 10.2 Å². The van der Waals surface area contributed by atoms with Crippen LogP contribution < -0.4 is 14.8 Å². The maximum atomic E-state index is 10.1. The molecule has 1 aromatic rings. The van der Waals surface area contributed by atoms with E-state index in [1.54, 1.807) is 19.2 Å². The summed E-state index contributed by atoms with van der Waals surface area (Å²) < 4.78 is 10.4. The average Bonchev–Trinajstić information content (AvgIpc) is 2.81. The molecule has 1 aromatic carbocycles. The maximum Gasteiger partial charge on any atom is 0.231 e. The van der Waals surface area contributed by atoms with Crippen molar-refractivity contribution in [2.24, 2.45) is 0 Å². The first-order valence-electron chi connectivity index (χ1n) is 5.73. The summed E-state index contributed by atoms with van der Waals surface area (Å²) in [7, 11) is 1.78. The zero-order valence-corrected chi connectivity index (χ0v) is 10.8. The van der Waals surface area contributed by atoms with Crippen molar-refractivity contribution < 1.29 is 19.7 Å². The predicted molar refractivity (Wildman–Crippen MR) is 67.1 cm³/mol. The van der Waals surface area contributed by atoms with Crippen LogP contribution in [0.5, 0.6) is 11.5 Å². The summed E-state index contributed by atoms with van der Waals surface area (Å²) in [6.07, 6.45) is -1.49. The molecular formula is C12H16ClNO4. The van der Waals surface area contributed by atoms with Crippen LogP contribution in [0, 0.1) is 0 Å². The molecule has 1 aliphatic heterocycles. The minimum atomic E-state index is -1.04. The van der Waals surface area contributed by atoms with E-state index in [0.717, 1.165) is 0 Å². The van der Waals surface area contributed by atoms with E-state index in [1.165, 1.54) is 0 Å². The van der Waals surface area contributed by atoms with E-state index in [-0.39, 0.29) is 6.79 Å². The molecule has 0 aliphatic carbocycles. The van der Waals surface area contributed by atoms with Crippen LogP contribution in [-0.4, -0.2) is 36.7 Å². The third-order valence-electron chi connectivity index (χ3n) is 2.87. The van der Waals surface area contributed by atoms with Crippen molar-refractivity contribution in [3.63, 3.8) is 0 Å². The summed E-state index contributed by atoms with van der Waals surface area (Å²) in [4.78, 5) is 0. The number of aliphatic hydroxyl groups is 2. The second-order valence-electron chi connectivity index (χ2n) is 4.13. The van der Waals surface area contributed by atoms with Gasteiger partial charge in [0.2, 0.25) is 6.79 Å². The summed E-state index contributed by atoms with van der Waals surface area (Å²) in [5.41, 5.74) is 0.449. The summed E-state index contributed by atoms with van der Waals surface area (Å²) in [5, 5.41) is 23.2. The van der Waals surface area contributed by atoms with Gasteiger partial charge >= 0.3 is 0 Å². The Morgan fingerprint density at radius 3 is 2.67 bits per heavy atom. The maximum absolute atomic E-state index is 10.1. The minimum absolute atomic E-state index is 0.146. The molecule has 0 aromatic heterocycles.